The van der Waals surface area contributed by atoms with Crippen molar-refractivity contribution in [2.75, 3.05) is 5.32 Å². The van der Waals surface area contributed by atoms with Gasteiger partial charge >= 0.3 is 0 Å². The summed E-state index contributed by atoms with van der Waals surface area (Å²) in [6.07, 6.45) is 7.00. The van der Waals surface area contributed by atoms with Crippen LogP contribution < -0.4 is 10.6 Å². The second kappa shape index (κ2) is 7.55. The van der Waals surface area contributed by atoms with E-state index < -0.39 is 0 Å². The van der Waals surface area contributed by atoms with Crippen LogP contribution >= 0.6 is 0 Å². The molecule has 2 N–H and O–H groups in total. The number of carbonyl (C=O) groups is 2. The van der Waals surface area contributed by atoms with Crippen LogP contribution in [0.3, 0.4) is 0 Å². The molecule has 0 radical (unpaired) electrons. The maximum Gasteiger partial charge on any atom is 0.251 e. The lowest BCUT2D eigenvalue weighted by molar-refractivity contribution is -0.116. The van der Waals surface area contributed by atoms with Gasteiger partial charge in [0.25, 0.3) is 5.91 Å². The zero-order valence-electron chi connectivity index (χ0n) is 15.8. The van der Waals surface area contributed by atoms with Crippen LogP contribution in [0.2, 0.25) is 0 Å². The standard InChI is InChI=1S/C23H26N2O2/c1-15(17-10-9-16-5-2-3-6-18(16)13-17)24-23(27)20-11-12-21-19(14-20)7-4-8-22(26)25-21/h9-15H,2-8H2,1H3,(H,24,27)(H,25,26). The van der Waals surface area contributed by atoms with Crippen LogP contribution in [0.4, 0.5) is 5.69 Å². The molecule has 1 atom stereocenters. The second-order valence-electron chi connectivity index (χ2n) is 7.70. The molecule has 1 unspecified atom stereocenters. The molecule has 4 nitrogen and oxygen atoms in total. The first-order valence-electron chi connectivity index (χ1n) is 9.95. The summed E-state index contributed by atoms with van der Waals surface area (Å²) < 4.78 is 0. The Balaban J connectivity index is 1.49. The Kier molecular flexibility index (Phi) is 4.97. The van der Waals surface area contributed by atoms with E-state index in [0.29, 0.717) is 12.0 Å². The largest absolute Gasteiger partial charge is 0.346 e. The number of amides is 2. The second-order valence-corrected chi connectivity index (χ2v) is 7.70. The lowest BCUT2D eigenvalue weighted by Crippen LogP contribution is -2.27. The van der Waals surface area contributed by atoms with Gasteiger partial charge in [0.05, 0.1) is 6.04 Å². The molecule has 140 valence electrons. The van der Waals surface area contributed by atoms with E-state index >= 15 is 0 Å². The molecule has 0 saturated carbocycles. The number of hydrogen-bond donors (Lipinski definition) is 2. The molecular weight excluding hydrogens is 336 g/mol. The first-order valence-corrected chi connectivity index (χ1v) is 9.95. The van der Waals surface area contributed by atoms with Crippen molar-refractivity contribution in [1.29, 1.82) is 0 Å². The SMILES string of the molecule is CC(NC(=O)c1ccc2c(c1)CCCC(=O)N2)c1ccc2c(c1)CCCC2. The Morgan fingerprint density at radius 1 is 0.926 bits per heavy atom. The highest BCUT2D eigenvalue weighted by Gasteiger charge is 2.18. The van der Waals surface area contributed by atoms with Gasteiger partial charge in [0.1, 0.15) is 0 Å². The van der Waals surface area contributed by atoms with E-state index in [0.717, 1.165) is 36.1 Å². The molecule has 2 aromatic rings. The fraction of sp³-hybridized carbons (Fsp3) is 0.391. The minimum absolute atomic E-state index is 0.0387. The molecule has 2 aliphatic rings. The van der Waals surface area contributed by atoms with E-state index in [2.05, 4.69) is 28.8 Å². The summed E-state index contributed by atoms with van der Waals surface area (Å²) in [6, 6.07) is 12.1. The lowest BCUT2D eigenvalue weighted by Gasteiger charge is -2.20. The highest BCUT2D eigenvalue weighted by atomic mass is 16.2. The van der Waals surface area contributed by atoms with E-state index in [1.807, 2.05) is 19.1 Å². The van der Waals surface area contributed by atoms with Crippen molar-refractivity contribution < 1.29 is 9.59 Å². The van der Waals surface area contributed by atoms with Gasteiger partial charge in [-0.15, -0.1) is 0 Å². The summed E-state index contributed by atoms with van der Waals surface area (Å²) in [5.74, 6) is -0.0226. The van der Waals surface area contributed by atoms with Gasteiger partial charge in [0.2, 0.25) is 5.91 Å². The number of benzene rings is 2. The van der Waals surface area contributed by atoms with Gasteiger partial charge in [-0.1, -0.05) is 18.2 Å². The van der Waals surface area contributed by atoms with Crippen LogP contribution in [-0.4, -0.2) is 11.8 Å². The van der Waals surface area contributed by atoms with Crippen molar-refractivity contribution in [1.82, 2.24) is 5.32 Å². The van der Waals surface area contributed by atoms with Crippen LogP contribution in [0.5, 0.6) is 0 Å². The Morgan fingerprint density at radius 2 is 1.70 bits per heavy atom. The van der Waals surface area contributed by atoms with Crippen LogP contribution in [0.25, 0.3) is 0 Å². The molecule has 1 aliphatic heterocycles. The van der Waals surface area contributed by atoms with Crippen LogP contribution in [0.1, 0.15) is 71.3 Å². The topological polar surface area (TPSA) is 58.2 Å². The van der Waals surface area contributed by atoms with Crippen molar-refractivity contribution in [3.63, 3.8) is 0 Å². The highest BCUT2D eigenvalue weighted by molar-refractivity contribution is 5.97. The zero-order valence-corrected chi connectivity index (χ0v) is 15.8. The normalized spacial score (nSPS) is 17.1. The summed E-state index contributed by atoms with van der Waals surface area (Å²) in [4.78, 5) is 24.4. The maximum atomic E-state index is 12.8. The first kappa shape index (κ1) is 17.8. The minimum atomic E-state index is -0.0707. The Labute approximate surface area is 160 Å². The average Bonchev–Trinajstić information content (AvgIpc) is 2.87. The molecule has 4 heteroatoms. The summed E-state index contributed by atoms with van der Waals surface area (Å²) >= 11 is 0. The van der Waals surface area contributed by atoms with Gasteiger partial charge in [0, 0.05) is 17.7 Å². The van der Waals surface area contributed by atoms with E-state index in [1.54, 1.807) is 6.07 Å². The maximum absolute atomic E-state index is 12.8. The smallest absolute Gasteiger partial charge is 0.251 e. The molecule has 2 aromatic carbocycles. The third kappa shape index (κ3) is 3.90. The Hall–Kier alpha value is -2.62. The first-order chi connectivity index (χ1) is 13.1. The van der Waals surface area contributed by atoms with Crippen molar-refractivity contribution in [3.05, 3.63) is 64.2 Å². The molecular formula is C23H26N2O2. The van der Waals surface area contributed by atoms with E-state index in [-0.39, 0.29) is 17.9 Å². The lowest BCUT2D eigenvalue weighted by atomic mass is 9.89. The van der Waals surface area contributed by atoms with Crippen molar-refractivity contribution in [2.24, 2.45) is 0 Å². The van der Waals surface area contributed by atoms with Gasteiger partial charge in [-0.25, -0.2) is 0 Å². The van der Waals surface area contributed by atoms with Gasteiger partial charge in [-0.3, -0.25) is 9.59 Å². The predicted octanol–water partition coefficient (Wildman–Crippen LogP) is 4.33. The number of fused-ring (bicyclic) bond motifs is 2. The monoisotopic (exact) mass is 362 g/mol. The molecule has 0 fully saturated rings. The zero-order chi connectivity index (χ0) is 18.8. The van der Waals surface area contributed by atoms with Gasteiger partial charge in [-0.05, 0) is 85.9 Å². The molecule has 0 bridgehead atoms. The molecule has 0 aromatic heterocycles. The van der Waals surface area contributed by atoms with Crippen LogP contribution in [0, 0.1) is 0 Å². The molecule has 27 heavy (non-hydrogen) atoms. The Bertz CT molecular complexity index is 888. The highest BCUT2D eigenvalue weighted by Crippen LogP contribution is 2.26. The molecule has 1 heterocycles. The molecule has 1 aliphatic carbocycles. The number of carbonyl (C=O) groups excluding carboxylic acids is 2. The third-order valence-corrected chi connectivity index (χ3v) is 5.71. The van der Waals surface area contributed by atoms with Crippen molar-refractivity contribution >= 4 is 17.5 Å². The fourth-order valence-corrected chi connectivity index (χ4v) is 4.10. The van der Waals surface area contributed by atoms with Gasteiger partial charge in [0.15, 0.2) is 0 Å². The summed E-state index contributed by atoms with van der Waals surface area (Å²) in [5, 5.41) is 6.04. The van der Waals surface area contributed by atoms with Crippen molar-refractivity contribution in [2.45, 2.75) is 57.9 Å². The molecule has 4 rings (SSSR count). The van der Waals surface area contributed by atoms with E-state index in [9.17, 15) is 9.59 Å². The molecule has 0 saturated heterocycles. The predicted molar refractivity (Wildman–Crippen MR) is 107 cm³/mol. The van der Waals surface area contributed by atoms with Crippen LogP contribution in [0.15, 0.2) is 36.4 Å². The minimum Gasteiger partial charge on any atom is -0.346 e. The third-order valence-electron chi connectivity index (χ3n) is 5.71. The average molecular weight is 362 g/mol. The summed E-state index contributed by atoms with van der Waals surface area (Å²) in [6.45, 7) is 2.03. The number of nitrogens with one attached hydrogen (secondary N) is 2. The number of anilines is 1. The number of hydrogen-bond acceptors (Lipinski definition) is 2. The van der Waals surface area contributed by atoms with Gasteiger partial charge in [-0.2, -0.15) is 0 Å². The fourth-order valence-electron chi connectivity index (χ4n) is 4.10. The van der Waals surface area contributed by atoms with E-state index in [1.165, 1.54) is 30.4 Å². The quantitative estimate of drug-likeness (QED) is 0.854. The molecule has 0 spiro atoms. The Morgan fingerprint density at radius 3 is 2.56 bits per heavy atom. The number of aryl methyl sites for hydroxylation is 3. The summed E-state index contributed by atoms with van der Waals surface area (Å²) in [7, 11) is 0. The van der Waals surface area contributed by atoms with Crippen molar-refractivity contribution in [3.8, 4) is 0 Å². The molecule has 2 amide bonds. The van der Waals surface area contributed by atoms with Gasteiger partial charge < -0.3 is 10.6 Å². The number of rotatable bonds is 3. The van der Waals surface area contributed by atoms with E-state index in [4.69, 9.17) is 0 Å². The van der Waals surface area contributed by atoms with Crippen LogP contribution in [-0.2, 0) is 24.1 Å². The summed E-state index contributed by atoms with van der Waals surface area (Å²) in [5.41, 5.74) is 6.56.